The Hall–Kier alpha value is -1.06. The Morgan fingerprint density at radius 3 is 2.62 bits per heavy atom. The molecule has 0 fully saturated rings. The van der Waals surface area contributed by atoms with Gasteiger partial charge in [0.15, 0.2) is 0 Å². The summed E-state index contributed by atoms with van der Waals surface area (Å²) in [5.74, 6) is 0. The number of carbonyl (C=O) groups is 1. The molecule has 0 aliphatic heterocycles. The van der Waals surface area contributed by atoms with E-state index in [-0.39, 0.29) is 12.6 Å². The fourth-order valence-electron chi connectivity index (χ4n) is 1.59. The lowest BCUT2D eigenvalue weighted by atomic mass is 10.2. The number of halogens is 1. The highest BCUT2D eigenvalue weighted by molar-refractivity contribution is 6.33. The van der Waals surface area contributed by atoms with Crippen LogP contribution in [0.15, 0.2) is 18.2 Å². The first kappa shape index (κ1) is 13.0. The van der Waals surface area contributed by atoms with Crippen LogP contribution in [0.3, 0.4) is 0 Å². The quantitative estimate of drug-likeness (QED) is 0.805. The third-order valence-corrected chi connectivity index (χ3v) is 2.68. The van der Waals surface area contributed by atoms with E-state index in [1.807, 2.05) is 24.8 Å². The summed E-state index contributed by atoms with van der Waals surface area (Å²) in [6, 6.07) is 5.41. The maximum atomic E-state index is 10.6. The molecule has 0 saturated heterocycles. The monoisotopic (exact) mass is 241 g/mol. The fourth-order valence-corrected chi connectivity index (χ4v) is 1.89. The van der Waals surface area contributed by atoms with Gasteiger partial charge >= 0.3 is 0 Å². The zero-order chi connectivity index (χ0) is 12.1. The largest absolute Gasteiger partial charge is 0.395 e. The first-order valence-corrected chi connectivity index (χ1v) is 5.60. The van der Waals surface area contributed by atoms with Crippen LogP contribution in [0.2, 0.25) is 5.02 Å². The Bertz CT molecular complexity index is 366. The lowest BCUT2D eigenvalue weighted by molar-refractivity contribution is 0.112. The molecule has 88 valence electrons. The van der Waals surface area contributed by atoms with E-state index >= 15 is 0 Å². The van der Waals surface area contributed by atoms with Crippen molar-refractivity contribution in [2.75, 3.05) is 18.1 Å². The summed E-state index contributed by atoms with van der Waals surface area (Å²) in [4.78, 5) is 12.6. The molecule has 0 aliphatic rings. The van der Waals surface area contributed by atoms with Crippen molar-refractivity contribution in [3.05, 3.63) is 28.8 Å². The summed E-state index contributed by atoms with van der Waals surface area (Å²) in [6.07, 6.45) is 0.765. The lowest BCUT2D eigenvalue weighted by Crippen LogP contribution is -2.33. The Labute approximate surface area is 101 Å². The molecule has 3 nitrogen and oxygen atoms in total. The first-order chi connectivity index (χ1) is 7.60. The molecule has 0 aromatic heterocycles. The van der Waals surface area contributed by atoms with Gasteiger partial charge in [0.2, 0.25) is 0 Å². The van der Waals surface area contributed by atoms with Gasteiger partial charge in [0.05, 0.1) is 17.3 Å². The van der Waals surface area contributed by atoms with E-state index in [0.29, 0.717) is 17.1 Å². The highest BCUT2D eigenvalue weighted by Gasteiger charge is 2.13. The molecule has 16 heavy (non-hydrogen) atoms. The van der Waals surface area contributed by atoms with Crippen LogP contribution in [-0.2, 0) is 0 Å². The standard InChI is InChI=1S/C12H16ClNO2/c1-9(2)14(5-6-15)12-4-3-10(8-16)7-11(12)13/h3-4,7-9,15H,5-6H2,1-2H3. The van der Waals surface area contributed by atoms with Gasteiger partial charge in [-0.2, -0.15) is 0 Å². The predicted octanol–water partition coefficient (Wildman–Crippen LogP) is 2.36. The molecular weight excluding hydrogens is 226 g/mol. The molecule has 1 aromatic carbocycles. The van der Waals surface area contributed by atoms with Gasteiger partial charge < -0.3 is 10.0 Å². The summed E-state index contributed by atoms with van der Waals surface area (Å²) in [5.41, 5.74) is 1.40. The minimum Gasteiger partial charge on any atom is -0.395 e. The van der Waals surface area contributed by atoms with Gasteiger partial charge in [-0.1, -0.05) is 11.6 Å². The molecule has 1 aromatic rings. The van der Waals surface area contributed by atoms with E-state index in [4.69, 9.17) is 16.7 Å². The SMILES string of the molecule is CC(C)N(CCO)c1ccc(C=O)cc1Cl. The van der Waals surface area contributed by atoms with Gasteiger partial charge in [0.25, 0.3) is 0 Å². The molecule has 0 aliphatic carbocycles. The van der Waals surface area contributed by atoms with E-state index in [1.165, 1.54) is 0 Å². The average molecular weight is 242 g/mol. The summed E-state index contributed by atoms with van der Waals surface area (Å²) in [5, 5.41) is 9.53. The minimum absolute atomic E-state index is 0.0734. The van der Waals surface area contributed by atoms with Gasteiger partial charge in [0.1, 0.15) is 6.29 Å². The Kier molecular flexibility index (Phi) is 4.77. The van der Waals surface area contributed by atoms with Crippen molar-refractivity contribution in [2.45, 2.75) is 19.9 Å². The lowest BCUT2D eigenvalue weighted by Gasteiger charge is -2.29. The molecule has 4 heteroatoms. The topological polar surface area (TPSA) is 40.5 Å². The number of aliphatic hydroxyl groups is 1. The third kappa shape index (κ3) is 2.97. The maximum Gasteiger partial charge on any atom is 0.150 e. The van der Waals surface area contributed by atoms with E-state index in [0.717, 1.165) is 12.0 Å². The average Bonchev–Trinajstić information content (AvgIpc) is 2.26. The predicted molar refractivity (Wildman–Crippen MR) is 66.4 cm³/mol. The first-order valence-electron chi connectivity index (χ1n) is 5.22. The van der Waals surface area contributed by atoms with Crippen LogP contribution in [0.4, 0.5) is 5.69 Å². The summed E-state index contributed by atoms with van der Waals surface area (Å²) in [6.45, 7) is 4.65. The Balaban J connectivity index is 3.04. The number of nitrogens with zero attached hydrogens (tertiary/aromatic N) is 1. The van der Waals surface area contributed by atoms with Gasteiger partial charge in [-0.25, -0.2) is 0 Å². The molecule has 0 atom stereocenters. The molecule has 0 unspecified atom stereocenters. The van der Waals surface area contributed by atoms with Crippen LogP contribution >= 0.6 is 11.6 Å². The molecule has 0 radical (unpaired) electrons. The molecule has 0 spiro atoms. The van der Waals surface area contributed by atoms with Crippen molar-refractivity contribution < 1.29 is 9.90 Å². The summed E-state index contributed by atoms with van der Waals surface area (Å²) >= 11 is 6.10. The molecule has 0 bridgehead atoms. The van der Waals surface area contributed by atoms with Crippen LogP contribution in [-0.4, -0.2) is 30.6 Å². The maximum absolute atomic E-state index is 10.6. The summed E-state index contributed by atoms with van der Waals surface area (Å²) in [7, 11) is 0. The molecule has 1 rings (SSSR count). The van der Waals surface area contributed by atoms with Gasteiger partial charge in [0, 0.05) is 18.2 Å². The number of anilines is 1. The minimum atomic E-state index is 0.0734. The van der Waals surface area contributed by atoms with Crippen molar-refractivity contribution in [2.24, 2.45) is 0 Å². The van der Waals surface area contributed by atoms with Gasteiger partial charge in [-0.05, 0) is 32.0 Å². The third-order valence-electron chi connectivity index (χ3n) is 2.38. The van der Waals surface area contributed by atoms with Crippen molar-refractivity contribution in [1.29, 1.82) is 0 Å². The van der Waals surface area contributed by atoms with E-state index in [2.05, 4.69) is 0 Å². The highest BCUT2D eigenvalue weighted by Crippen LogP contribution is 2.27. The number of rotatable bonds is 5. The zero-order valence-corrected chi connectivity index (χ0v) is 10.2. The number of hydrogen-bond acceptors (Lipinski definition) is 3. The summed E-state index contributed by atoms with van der Waals surface area (Å²) < 4.78 is 0. The van der Waals surface area contributed by atoms with Crippen molar-refractivity contribution in [1.82, 2.24) is 0 Å². The molecule has 1 N–H and O–H groups in total. The van der Waals surface area contributed by atoms with Crippen LogP contribution in [0.5, 0.6) is 0 Å². The zero-order valence-electron chi connectivity index (χ0n) is 9.48. The number of carbonyl (C=O) groups excluding carboxylic acids is 1. The van der Waals surface area contributed by atoms with Crippen LogP contribution in [0.1, 0.15) is 24.2 Å². The fraction of sp³-hybridized carbons (Fsp3) is 0.417. The van der Waals surface area contributed by atoms with Crippen molar-refractivity contribution in [3.8, 4) is 0 Å². The van der Waals surface area contributed by atoms with Crippen molar-refractivity contribution >= 4 is 23.6 Å². The van der Waals surface area contributed by atoms with E-state index < -0.39 is 0 Å². The van der Waals surface area contributed by atoms with Gasteiger partial charge in [-0.3, -0.25) is 4.79 Å². The van der Waals surface area contributed by atoms with Gasteiger partial charge in [-0.15, -0.1) is 0 Å². The number of hydrogen-bond donors (Lipinski definition) is 1. The molecular formula is C12H16ClNO2. The van der Waals surface area contributed by atoms with Crippen molar-refractivity contribution in [3.63, 3.8) is 0 Å². The van der Waals surface area contributed by atoms with E-state index in [9.17, 15) is 4.79 Å². The molecule has 0 amide bonds. The second-order valence-corrected chi connectivity index (χ2v) is 4.25. The molecule has 0 heterocycles. The number of aldehydes is 1. The van der Waals surface area contributed by atoms with Crippen LogP contribution in [0.25, 0.3) is 0 Å². The highest BCUT2D eigenvalue weighted by atomic mass is 35.5. The number of benzene rings is 1. The van der Waals surface area contributed by atoms with Crippen LogP contribution < -0.4 is 4.90 Å². The Morgan fingerprint density at radius 2 is 2.19 bits per heavy atom. The smallest absolute Gasteiger partial charge is 0.150 e. The second-order valence-electron chi connectivity index (χ2n) is 3.84. The number of aliphatic hydroxyl groups excluding tert-OH is 1. The Morgan fingerprint density at radius 1 is 1.50 bits per heavy atom. The molecule has 0 saturated carbocycles. The van der Waals surface area contributed by atoms with E-state index in [1.54, 1.807) is 12.1 Å². The van der Waals surface area contributed by atoms with Crippen LogP contribution in [0, 0.1) is 0 Å². The normalized spacial score (nSPS) is 10.6. The second kappa shape index (κ2) is 5.87.